The molecule has 1 fully saturated rings. The summed E-state index contributed by atoms with van der Waals surface area (Å²) in [5, 5.41) is 3.88. The van der Waals surface area contributed by atoms with Gasteiger partial charge < -0.3 is 4.90 Å². The second kappa shape index (κ2) is 4.66. The lowest BCUT2D eigenvalue weighted by molar-refractivity contribution is 0.0691. The number of hydrogen-bond donors (Lipinski definition) is 0. The van der Waals surface area contributed by atoms with Crippen LogP contribution in [0.3, 0.4) is 0 Å². The highest BCUT2D eigenvalue weighted by Crippen LogP contribution is 2.24. The van der Waals surface area contributed by atoms with Gasteiger partial charge >= 0.3 is 0 Å². The zero-order valence-electron chi connectivity index (χ0n) is 8.65. The highest BCUT2D eigenvalue weighted by molar-refractivity contribution is 9.09. The SMILES string of the molecule is CC1CN(C(=O)c2ccsc2)CCC1Br. The first-order valence-electron chi connectivity index (χ1n) is 5.14. The van der Waals surface area contributed by atoms with Crippen LogP contribution in [0.4, 0.5) is 0 Å². The fourth-order valence-electron chi connectivity index (χ4n) is 1.87. The number of likely N-dealkylation sites (tertiary alicyclic amines) is 1. The molecule has 1 aliphatic rings. The van der Waals surface area contributed by atoms with Crippen molar-refractivity contribution in [2.45, 2.75) is 18.2 Å². The van der Waals surface area contributed by atoms with Gasteiger partial charge in [0, 0.05) is 23.3 Å². The number of carbonyl (C=O) groups is 1. The summed E-state index contributed by atoms with van der Waals surface area (Å²) in [4.78, 5) is 14.6. The molecule has 0 bridgehead atoms. The van der Waals surface area contributed by atoms with Crippen LogP contribution in [0.5, 0.6) is 0 Å². The molecule has 0 aliphatic carbocycles. The number of hydrogen-bond acceptors (Lipinski definition) is 2. The second-order valence-corrected chi connectivity index (χ2v) is 6.00. The molecule has 2 rings (SSSR count). The van der Waals surface area contributed by atoms with Crippen molar-refractivity contribution in [3.8, 4) is 0 Å². The third-order valence-corrected chi connectivity index (χ3v) is 4.90. The third kappa shape index (κ3) is 2.42. The topological polar surface area (TPSA) is 20.3 Å². The number of carbonyl (C=O) groups excluding carboxylic acids is 1. The van der Waals surface area contributed by atoms with E-state index in [0.29, 0.717) is 10.7 Å². The van der Waals surface area contributed by atoms with Gasteiger partial charge in [0.1, 0.15) is 0 Å². The Morgan fingerprint density at radius 1 is 1.67 bits per heavy atom. The highest BCUT2D eigenvalue weighted by Gasteiger charge is 2.27. The van der Waals surface area contributed by atoms with Crippen molar-refractivity contribution >= 4 is 33.2 Å². The molecule has 0 aromatic carbocycles. The van der Waals surface area contributed by atoms with E-state index in [1.807, 2.05) is 21.7 Å². The van der Waals surface area contributed by atoms with Crippen molar-refractivity contribution in [2.24, 2.45) is 5.92 Å². The molecule has 1 aromatic heterocycles. The van der Waals surface area contributed by atoms with E-state index in [4.69, 9.17) is 0 Å². The summed E-state index contributed by atoms with van der Waals surface area (Å²) in [5.74, 6) is 0.726. The molecule has 1 aliphatic heterocycles. The average molecular weight is 288 g/mol. The first-order valence-corrected chi connectivity index (χ1v) is 7.00. The zero-order valence-corrected chi connectivity index (χ0v) is 11.1. The number of nitrogens with zero attached hydrogens (tertiary/aromatic N) is 1. The van der Waals surface area contributed by atoms with Gasteiger partial charge in [-0.2, -0.15) is 11.3 Å². The summed E-state index contributed by atoms with van der Waals surface area (Å²) < 4.78 is 0. The normalized spacial score (nSPS) is 26.7. The predicted molar refractivity (Wildman–Crippen MR) is 66.7 cm³/mol. The van der Waals surface area contributed by atoms with Crippen molar-refractivity contribution in [3.05, 3.63) is 22.4 Å². The van der Waals surface area contributed by atoms with Crippen LogP contribution in [0, 0.1) is 5.92 Å². The van der Waals surface area contributed by atoms with E-state index < -0.39 is 0 Å². The molecule has 0 N–H and O–H groups in total. The summed E-state index contributed by atoms with van der Waals surface area (Å²) in [6.07, 6.45) is 1.05. The molecular formula is C11H14BrNOS. The van der Waals surface area contributed by atoms with Gasteiger partial charge in [0.25, 0.3) is 5.91 Å². The van der Waals surface area contributed by atoms with Gasteiger partial charge in [0.05, 0.1) is 5.56 Å². The molecule has 1 saturated heterocycles. The van der Waals surface area contributed by atoms with E-state index in [1.54, 1.807) is 11.3 Å². The minimum absolute atomic E-state index is 0.183. The number of halogens is 1. The number of alkyl halides is 1. The Balaban J connectivity index is 2.03. The summed E-state index contributed by atoms with van der Waals surface area (Å²) >= 11 is 5.22. The molecule has 1 amide bonds. The quantitative estimate of drug-likeness (QED) is 0.727. The maximum atomic E-state index is 12.0. The van der Waals surface area contributed by atoms with Gasteiger partial charge in [0.15, 0.2) is 0 Å². The molecule has 82 valence electrons. The molecule has 2 heterocycles. The van der Waals surface area contributed by atoms with Crippen molar-refractivity contribution < 1.29 is 4.79 Å². The molecule has 4 heteroatoms. The Hall–Kier alpha value is -0.350. The van der Waals surface area contributed by atoms with Gasteiger partial charge in [-0.05, 0) is 23.8 Å². The number of piperidine rings is 1. The second-order valence-electron chi connectivity index (χ2n) is 4.05. The van der Waals surface area contributed by atoms with E-state index in [1.165, 1.54) is 0 Å². The van der Waals surface area contributed by atoms with Gasteiger partial charge in [-0.1, -0.05) is 22.9 Å². The maximum absolute atomic E-state index is 12.0. The monoisotopic (exact) mass is 287 g/mol. The van der Waals surface area contributed by atoms with E-state index in [0.717, 1.165) is 25.1 Å². The van der Waals surface area contributed by atoms with Crippen LogP contribution in [-0.2, 0) is 0 Å². The van der Waals surface area contributed by atoms with Crippen LogP contribution < -0.4 is 0 Å². The van der Waals surface area contributed by atoms with Crippen LogP contribution in [0.15, 0.2) is 16.8 Å². The molecule has 2 nitrogen and oxygen atoms in total. The van der Waals surface area contributed by atoms with E-state index in [-0.39, 0.29) is 5.91 Å². The van der Waals surface area contributed by atoms with Gasteiger partial charge in [-0.3, -0.25) is 4.79 Å². The first kappa shape index (κ1) is 11.1. The average Bonchev–Trinajstić information content (AvgIpc) is 2.74. The molecule has 2 unspecified atom stereocenters. The van der Waals surface area contributed by atoms with Crippen molar-refractivity contribution in [1.82, 2.24) is 4.90 Å². The number of rotatable bonds is 1. The lowest BCUT2D eigenvalue weighted by Gasteiger charge is -2.34. The first-order chi connectivity index (χ1) is 7.18. The molecule has 0 radical (unpaired) electrons. The lowest BCUT2D eigenvalue weighted by Crippen LogP contribution is -2.43. The number of thiophene rings is 1. The molecule has 15 heavy (non-hydrogen) atoms. The molecule has 0 saturated carbocycles. The Morgan fingerprint density at radius 3 is 3.07 bits per heavy atom. The zero-order chi connectivity index (χ0) is 10.8. The van der Waals surface area contributed by atoms with E-state index in [2.05, 4.69) is 22.9 Å². The highest BCUT2D eigenvalue weighted by atomic mass is 79.9. The van der Waals surface area contributed by atoms with Gasteiger partial charge in [-0.25, -0.2) is 0 Å². The van der Waals surface area contributed by atoms with Gasteiger partial charge in [0.2, 0.25) is 0 Å². The summed E-state index contributed by atoms with van der Waals surface area (Å²) in [7, 11) is 0. The van der Waals surface area contributed by atoms with E-state index >= 15 is 0 Å². The van der Waals surface area contributed by atoms with Crippen molar-refractivity contribution in [3.63, 3.8) is 0 Å². The minimum atomic E-state index is 0.183. The van der Waals surface area contributed by atoms with Crippen LogP contribution in [-0.4, -0.2) is 28.7 Å². The molecule has 0 spiro atoms. The third-order valence-electron chi connectivity index (χ3n) is 2.86. The molecule has 2 atom stereocenters. The Labute approximate surface area is 102 Å². The predicted octanol–water partition coefficient (Wildman–Crippen LogP) is 2.99. The van der Waals surface area contributed by atoms with Crippen LogP contribution >= 0.6 is 27.3 Å². The van der Waals surface area contributed by atoms with E-state index in [9.17, 15) is 4.79 Å². The fraction of sp³-hybridized carbons (Fsp3) is 0.545. The van der Waals surface area contributed by atoms with Crippen molar-refractivity contribution in [2.75, 3.05) is 13.1 Å². The smallest absolute Gasteiger partial charge is 0.254 e. The Kier molecular flexibility index (Phi) is 3.46. The Bertz CT molecular complexity index is 338. The molecule has 1 aromatic rings. The summed E-state index contributed by atoms with van der Waals surface area (Å²) in [6.45, 7) is 3.92. The standard InChI is InChI=1S/C11H14BrNOS/c1-8-6-13(4-2-10(8)12)11(14)9-3-5-15-7-9/h3,5,7-8,10H,2,4,6H2,1H3. The van der Waals surface area contributed by atoms with Gasteiger partial charge in [-0.15, -0.1) is 0 Å². The Morgan fingerprint density at radius 2 is 2.47 bits per heavy atom. The summed E-state index contributed by atoms with van der Waals surface area (Å²) in [5.41, 5.74) is 0.834. The van der Waals surface area contributed by atoms with Crippen molar-refractivity contribution in [1.29, 1.82) is 0 Å². The van der Waals surface area contributed by atoms with Crippen LogP contribution in [0.2, 0.25) is 0 Å². The number of amides is 1. The molecular weight excluding hydrogens is 274 g/mol. The van der Waals surface area contributed by atoms with Crippen LogP contribution in [0.25, 0.3) is 0 Å². The fourth-order valence-corrected chi connectivity index (χ4v) is 2.87. The summed E-state index contributed by atoms with van der Waals surface area (Å²) in [6, 6.07) is 1.90. The minimum Gasteiger partial charge on any atom is -0.338 e. The lowest BCUT2D eigenvalue weighted by atomic mass is 9.99. The maximum Gasteiger partial charge on any atom is 0.254 e. The largest absolute Gasteiger partial charge is 0.338 e. The van der Waals surface area contributed by atoms with Crippen LogP contribution in [0.1, 0.15) is 23.7 Å².